The van der Waals surface area contributed by atoms with Crippen LogP contribution in [0.2, 0.25) is 0 Å². The van der Waals surface area contributed by atoms with E-state index in [-0.39, 0.29) is 5.91 Å². The van der Waals surface area contributed by atoms with Gasteiger partial charge in [0.15, 0.2) is 0 Å². The van der Waals surface area contributed by atoms with Crippen LogP contribution in [0.5, 0.6) is 0 Å². The zero-order valence-corrected chi connectivity index (χ0v) is 13.3. The Morgan fingerprint density at radius 2 is 2.00 bits per heavy atom. The molecule has 2 rings (SSSR count). The molecule has 4 heteroatoms. The standard InChI is InChI=1S/C14H17Br2NO/c15-8-10-4-3-5-11(10)9-17-14(18)12-6-1-2-7-13(12)16/h1-2,6-7,10-11H,3-5,8-9H2,(H,17,18). The monoisotopic (exact) mass is 373 g/mol. The summed E-state index contributed by atoms with van der Waals surface area (Å²) in [7, 11) is 0. The van der Waals surface area contributed by atoms with Gasteiger partial charge in [-0.05, 0) is 52.7 Å². The van der Waals surface area contributed by atoms with Gasteiger partial charge < -0.3 is 5.32 Å². The van der Waals surface area contributed by atoms with Crippen LogP contribution in [0.3, 0.4) is 0 Å². The van der Waals surface area contributed by atoms with Crippen molar-refractivity contribution in [3.63, 3.8) is 0 Å². The molecule has 1 aromatic carbocycles. The molecule has 1 fully saturated rings. The topological polar surface area (TPSA) is 29.1 Å². The first-order valence-electron chi connectivity index (χ1n) is 6.31. The molecule has 18 heavy (non-hydrogen) atoms. The quantitative estimate of drug-likeness (QED) is 0.793. The van der Waals surface area contributed by atoms with Crippen molar-refractivity contribution >= 4 is 37.8 Å². The van der Waals surface area contributed by atoms with E-state index in [2.05, 4.69) is 37.2 Å². The molecule has 98 valence electrons. The number of alkyl halides is 1. The van der Waals surface area contributed by atoms with Crippen molar-refractivity contribution in [3.05, 3.63) is 34.3 Å². The lowest BCUT2D eigenvalue weighted by molar-refractivity contribution is 0.0944. The van der Waals surface area contributed by atoms with Crippen molar-refractivity contribution in [2.24, 2.45) is 11.8 Å². The number of benzene rings is 1. The Morgan fingerprint density at radius 1 is 1.28 bits per heavy atom. The molecule has 2 atom stereocenters. The van der Waals surface area contributed by atoms with Gasteiger partial charge in [-0.15, -0.1) is 0 Å². The van der Waals surface area contributed by atoms with Crippen LogP contribution >= 0.6 is 31.9 Å². The van der Waals surface area contributed by atoms with Crippen LogP contribution in [0.1, 0.15) is 29.6 Å². The minimum absolute atomic E-state index is 0.0164. The molecule has 1 aliphatic rings. The van der Waals surface area contributed by atoms with Crippen LogP contribution in [0.15, 0.2) is 28.7 Å². The molecule has 2 nitrogen and oxygen atoms in total. The molecular formula is C14H17Br2NO. The molecule has 1 saturated carbocycles. The van der Waals surface area contributed by atoms with Gasteiger partial charge in [0.05, 0.1) is 5.56 Å². The van der Waals surface area contributed by atoms with E-state index in [1.807, 2.05) is 24.3 Å². The lowest BCUT2D eigenvalue weighted by Crippen LogP contribution is -2.31. The van der Waals surface area contributed by atoms with Crippen molar-refractivity contribution in [1.29, 1.82) is 0 Å². The largest absolute Gasteiger partial charge is 0.352 e. The van der Waals surface area contributed by atoms with Crippen LogP contribution in [-0.2, 0) is 0 Å². The molecule has 0 bridgehead atoms. The highest BCUT2D eigenvalue weighted by Crippen LogP contribution is 2.32. The van der Waals surface area contributed by atoms with Crippen molar-refractivity contribution in [1.82, 2.24) is 5.32 Å². The minimum atomic E-state index is 0.0164. The first-order chi connectivity index (χ1) is 8.72. The highest BCUT2D eigenvalue weighted by Gasteiger charge is 2.26. The first kappa shape index (κ1) is 14.1. The molecule has 1 N–H and O–H groups in total. The van der Waals surface area contributed by atoms with Crippen LogP contribution in [0.25, 0.3) is 0 Å². The molecule has 1 aromatic rings. The van der Waals surface area contributed by atoms with E-state index in [1.54, 1.807) is 0 Å². The zero-order chi connectivity index (χ0) is 13.0. The molecular weight excluding hydrogens is 358 g/mol. The molecule has 0 aromatic heterocycles. The fraction of sp³-hybridized carbons (Fsp3) is 0.500. The molecule has 0 aliphatic heterocycles. The maximum Gasteiger partial charge on any atom is 0.252 e. The Labute approximate surface area is 125 Å². The zero-order valence-electron chi connectivity index (χ0n) is 10.2. The lowest BCUT2D eigenvalue weighted by Gasteiger charge is -2.18. The third-order valence-electron chi connectivity index (χ3n) is 3.66. The Bertz CT molecular complexity index is 422. The van der Waals surface area contributed by atoms with E-state index < -0.39 is 0 Å². The van der Waals surface area contributed by atoms with Crippen molar-refractivity contribution in [2.75, 3.05) is 11.9 Å². The van der Waals surface area contributed by atoms with Crippen molar-refractivity contribution in [3.8, 4) is 0 Å². The van der Waals surface area contributed by atoms with Gasteiger partial charge in [-0.1, -0.05) is 34.5 Å². The van der Waals surface area contributed by atoms with Gasteiger partial charge in [-0.3, -0.25) is 4.79 Å². The third kappa shape index (κ3) is 3.35. The normalized spacial score (nSPS) is 23.0. The van der Waals surface area contributed by atoms with Crippen LogP contribution in [-0.4, -0.2) is 17.8 Å². The minimum Gasteiger partial charge on any atom is -0.352 e. The van der Waals surface area contributed by atoms with E-state index in [4.69, 9.17) is 0 Å². The average molecular weight is 375 g/mol. The van der Waals surface area contributed by atoms with Gasteiger partial charge in [-0.2, -0.15) is 0 Å². The van der Waals surface area contributed by atoms with Crippen molar-refractivity contribution in [2.45, 2.75) is 19.3 Å². The lowest BCUT2D eigenvalue weighted by atomic mass is 9.98. The Balaban J connectivity index is 1.91. The fourth-order valence-electron chi connectivity index (χ4n) is 2.55. The Morgan fingerprint density at radius 3 is 2.72 bits per heavy atom. The highest BCUT2D eigenvalue weighted by molar-refractivity contribution is 9.10. The van der Waals surface area contributed by atoms with Gasteiger partial charge in [0.1, 0.15) is 0 Å². The Hall–Kier alpha value is -0.350. The summed E-state index contributed by atoms with van der Waals surface area (Å²) < 4.78 is 0.853. The molecule has 0 radical (unpaired) electrons. The maximum absolute atomic E-state index is 12.1. The maximum atomic E-state index is 12.1. The molecule has 1 aliphatic carbocycles. The molecule has 0 heterocycles. The fourth-order valence-corrected chi connectivity index (χ4v) is 3.87. The number of hydrogen-bond donors (Lipinski definition) is 1. The summed E-state index contributed by atoms with van der Waals surface area (Å²) in [5.74, 6) is 1.35. The summed E-state index contributed by atoms with van der Waals surface area (Å²) in [6.07, 6.45) is 3.79. The third-order valence-corrected chi connectivity index (χ3v) is 5.18. The van der Waals surface area contributed by atoms with Gasteiger partial charge in [0.2, 0.25) is 0 Å². The number of nitrogens with one attached hydrogen (secondary N) is 1. The second kappa shape index (κ2) is 6.71. The predicted octanol–water partition coefficient (Wildman–Crippen LogP) is 3.99. The number of amides is 1. The van der Waals surface area contributed by atoms with E-state index in [0.717, 1.165) is 16.3 Å². The Kier molecular flexibility index (Phi) is 5.25. The SMILES string of the molecule is O=C(NCC1CCCC1CBr)c1ccccc1Br. The summed E-state index contributed by atoms with van der Waals surface area (Å²) >= 11 is 6.97. The van der Waals surface area contributed by atoms with E-state index in [0.29, 0.717) is 17.4 Å². The van der Waals surface area contributed by atoms with Crippen LogP contribution in [0, 0.1) is 11.8 Å². The van der Waals surface area contributed by atoms with Gasteiger partial charge in [0, 0.05) is 16.3 Å². The van der Waals surface area contributed by atoms with Gasteiger partial charge >= 0.3 is 0 Å². The summed E-state index contributed by atoms with van der Waals surface area (Å²) in [5, 5.41) is 4.10. The molecule has 2 unspecified atom stereocenters. The van der Waals surface area contributed by atoms with E-state index >= 15 is 0 Å². The molecule has 1 amide bonds. The van der Waals surface area contributed by atoms with Crippen LogP contribution < -0.4 is 5.32 Å². The number of carbonyl (C=O) groups excluding carboxylic acids is 1. The van der Waals surface area contributed by atoms with Crippen LogP contribution in [0.4, 0.5) is 0 Å². The smallest absolute Gasteiger partial charge is 0.252 e. The number of carbonyl (C=O) groups is 1. The second-order valence-corrected chi connectivity index (χ2v) is 6.30. The van der Waals surface area contributed by atoms with E-state index in [9.17, 15) is 4.79 Å². The summed E-state index contributed by atoms with van der Waals surface area (Å²) in [6, 6.07) is 7.54. The average Bonchev–Trinajstić information content (AvgIpc) is 2.84. The second-order valence-electron chi connectivity index (χ2n) is 4.80. The predicted molar refractivity (Wildman–Crippen MR) is 81.1 cm³/mol. The van der Waals surface area contributed by atoms with Gasteiger partial charge in [0.25, 0.3) is 5.91 Å². The number of halogens is 2. The first-order valence-corrected chi connectivity index (χ1v) is 8.22. The summed E-state index contributed by atoms with van der Waals surface area (Å²) in [5.41, 5.74) is 0.714. The molecule has 0 saturated heterocycles. The summed E-state index contributed by atoms with van der Waals surface area (Å²) in [4.78, 5) is 12.1. The van der Waals surface area contributed by atoms with Gasteiger partial charge in [-0.25, -0.2) is 0 Å². The number of rotatable bonds is 4. The number of hydrogen-bond acceptors (Lipinski definition) is 1. The summed E-state index contributed by atoms with van der Waals surface area (Å²) in [6.45, 7) is 0.788. The van der Waals surface area contributed by atoms with E-state index in [1.165, 1.54) is 19.3 Å². The molecule has 0 spiro atoms. The highest BCUT2D eigenvalue weighted by atomic mass is 79.9. The van der Waals surface area contributed by atoms with Crippen molar-refractivity contribution < 1.29 is 4.79 Å².